The molecule has 2 aliphatic carbocycles. The van der Waals surface area contributed by atoms with Crippen LogP contribution in [-0.2, 0) is 0 Å². The maximum absolute atomic E-state index is 11.4. The lowest BCUT2D eigenvalue weighted by Crippen LogP contribution is -2.21. The predicted octanol–water partition coefficient (Wildman–Crippen LogP) is 5.53. The van der Waals surface area contributed by atoms with E-state index in [1.165, 1.54) is 42.4 Å². The molecule has 0 spiro atoms. The number of fused-ring (bicyclic) bond motifs is 1. The standard InChI is InChI=1S/C24H28N2O/c1-16-4-2-3-5-20(16)17-8-10-19(11-9-17)24(27)23-21(18-6-7-18)12-13-26-15-25-14-22(23)26/h2-5,12-15,17-19,24,27H,6-11H2,1H3/t17-,19-,24-/m1/s1. The molecule has 2 heterocycles. The lowest BCUT2D eigenvalue weighted by molar-refractivity contribution is 0.0810. The fraction of sp³-hybridized carbons (Fsp3) is 0.458. The van der Waals surface area contributed by atoms with Crippen LogP contribution in [0.2, 0.25) is 0 Å². The van der Waals surface area contributed by atoms with Gasteiger partial charge in [-0.05, 0) is 86.0 Å². The summed E-state index contributed by atoms with van der Waals surface area (Å²) < 4.78 is 2.06. The summed E-state index contributed by atoms with van der Waals surface area (Å²) >= 11 is 0. The highest BCUT2D eigenvalue weighted by Crippen LogP contribution is 2.48. The van der Waals surface area contributed by atoms with Gasteiger partial charge in [0.25, 0.3) is 0 Å². The van der Waals surface area contributed by atoms with Crippen molar-refractivity contribution in [1.82, 2.24) is 9.38 Å². The summed E-state index contributed by atoms with van der Waals surface area (Å²) in [5.74, 6) is 1.63. The number of nitrogens with zero attached hydrogens (tertiary/aromatic N) is 2. The zero-order valence-electron chi connectivity index (χ0n) is 16.0. The zero-order valence-corrected chi connectivity index (χ0v) is 16.0. The summed E-state index contributed by atoms with van der Waals surface area (Å²) in [5.41, 5.74) is 6.50. The fourth-order valence-electron chi connectivity index (χ4n) is 5.13. The molecule has 1 aromatic carbocycles. The second kappa shape index (κ2) is 6.79. The smallest absolute Gasteiger partial charge is 0.0992 e. The summed E-state index contributed by atoms with van der Waals surface area (Å²) in [6.45, 7) is 2.22. The Balaban J connectivity index is 1.39. The van der Waals surface area contributed by atoms with E-state index in [1.807, 2.05) is 12.5 Å². The van der Waals surface area contributed by atoms with Gasteiger partial charge in [-0.25, -0.2) is 4.98 Å². The van der Waals surface area contributed by atoms with Crippen molar-refractivity contribution in [3.63, 3.8) is 0 Å². The highest BCUT2D eigenvalue weighted by Gasteiger charge is 2.34. The first kappa shape index (κ1) is 17.0. The minimum Gasteiger partial charge on any atom is -0.388 e. The lowest BCUT2D eigenvalue weighted by Gasteiger charge is -2.33. The molecule has 2 fully saturated rings. The van der Waals surface area contributed by atoms with E-state index in [9.17, 15) is 5.11 Å². The first-order valence-electron chi connectivity index (χ1n) is 10.4. The molecule has 3 heteroatoms. The van der Waals surface area contributed by atoms with Crippen LogP contribution < -0.4 is 0 Å². The van der Waals surface area contributed by atoms with Crippen LogP contribution in [-0.4, -0.2) is 14.5 Å². The average Bonchev–Trinajstić information content (AvgIpc) is 3.44. The van der Waals surface area contributed by atoms with Crippen molar-refractivity contribution in [2.75, 3.05) is 0 Å². The van der Waals surface area contributed by atoms with Crippen molar-refractivity contribution in [1.29, 1.82) is 0 Å². The first-order valence-corrected chi connectivity index (χ1v) is 10.4. The molecule has 0 aliphatic heterocycles. The van der Waals surface area contributed by atoms with Crippen LogP contribution in [0.25, 0.3) is 5.52 Å². The molecular formula is C24H28N2O. The lowest BCUT2D eigenvalue weighted by atomic mass is 9.74. The number of imidazole rings is 1. The molecule has 0 bridgehead atoms. The summed E-state index contributed by atoms with van der Waals surface area (Å²) in [6, 6.07) is 11.0. The van der Waals surface area contributed by atoms with Crippen LogP contribution in [0.15, 0.2) is 49.1 Å². The minimum atomic E-state index is -0.376. The number of aryl methyl sites for hydroxylation is 1. The SMILES string of the molecule is Cc1ccccc1[C@H]1CC[C@H]([C@@H](O)c2c(C3CC3)ccn3cncc23)CC1. The predicted molar refractivity (Wildman–Crippen MR) is 108 cm³/mol. The number of aliphatic hydroxyl groups excluding tert-OH is 1. The van der Waals surface area contributed by atoms with Gasteiger partial charge < -0.3 is 9.51 Å². The molecule has 2 aromatic heterocycles. The largest absolute Gasteiger partial charge is 0.388 e. The van der Waals surface area contributed by atoms with E-state index in [-0.39, 0.29) is 6.10 Å². The Bertz CT molecular complexity index is 948. The second-order valence-corrected chi connectivity index (χ2v) is 8.56. The van der Waals surface area contributed by atoms with Gasteiger partial charge in [0.1, 0.15) is 0 Å². The van der Waals surface area contributed by atoms with Gasteiger partial charge in [-0.3, -0.25) is 0 Å². The molecule has 1 atom stereocenters. The summed E-state index contributed by atoms with van der Waals surface area (Å²) in [4.78, 5) is 4.32. The van der Waals surface area contributed by atoms with E-state index < -0.39 is 0 Å². The topological polar surface area (TPSA) is 37.5 Å². The molecular weight excluding hydrogens is 332 g/mol. The van der Waals surface area contributed by atoms with Crippen molar-refractivity contribution >= 4 is 5.52 Å². The van der Waals surface area contributed by atoms with Gasteiger partial charge in [0.15, 0.2) is 0 Å². The van der Waals surface area contributed by atoms with E-state index >= 15 is 0 Å². The molecule has 1 N–H and O–H groups in total. The van der Waals surface area contributed by atoms with Crippen LogP contribution in [0.1, 0.15) is 78.7 Å². The minimum absolute atomic E-state index is 0.351. The van der Waals surface area contributed by atoms with Gasteiger partial charge >= 0.3 is 0 Å². The molecule has 2 saturated carbocycles. The number of rotatable bonds is 4. The zero-order chi connectivity index (χ0) is 18.4. The van der Waals surface area contributed by atoms with Crippen LogP contribution in [0.4, 0.5) is 0 Å². The first-order chi connectivity index (χ1) is 13.2. The number of aliphatic hydroxyl groups is 1. The Kier molecular flexibility index (Phi) is 4.28. The molecule has 0 unspecified atom stereocenters. The maximum atomic E-state index is 11.4. The Morgan fingerprint density at radius 2 is 1.67 bits per heavy atom. The normalized spacial score (nSPS) is 24.2. The van der Waals surface area contributed by atoms with Gasteiger partial charge in [0.05, 0.1) is 24.1 Å². The number of hydrogen-bond acceptors (Lipinski definition) is 2. The third kappa shape index (κ3) is 3.08. The highest BCUT2D eigenvalue weighted by atomic mass is 16.3. The molecule has 2 aliphatic rings. The van der Waals surface area contributed by atoms with E-state index in [4.69, 9.17) is 0 Å². The van der Waals surface area contributed by atoms with E-state index in [2.05, 4.69) is 52.8 Å². The monoisotopic (exact) mass is 360 g/mol. The molecule has 5 rings (SSSR count). The maximum Gasteiger partial charge on any atom is 0.0992 e. The van der Waals surface area contributed by atoms with Crippen LogP contribution in [0.3, 0.4) is 0 Å². The molecule has 140 valence electrons. The van der Waals surface area contributed by atoms with Crippen molar-refractivity contribution in [3.8, 4) is 0 Å². The Hall–Kier alpha value is -2.13. The van der Waals surface area contributed by atoms with Crippen LogP contribution >= 0.6 is 0 Å². The molecule has 3 nitrogen and oxygen atoms in total. The van der Waals surface area contributed by atoms with Crippen molar-refractivity contribution in [2.24, 2.45) is 5.92 Å². The van der Waals surface area contributed by atoms with Crippen molar-refractivity contribution < 1.29 is 5.11 Å². The van der Waals surface area contributed by atoms with Gasteiger partial charge in [-0.2, -0.15) is 0 Å². The van der Waals surface area contributed by atoms with E-state index in [0.717, 1.165) is 23.9 Å². The number of hydrogen-bond donors (Lipinski definition) is 1. The number of aromatic nitrogens is 2. The molecule has 0 saturated heterocycles. The quantitative estimate of drug-likeness (QED) is 0.664. The van der Waals surface area contributed by atoms with Gasteiger partial charge in [0.2, 0.25) is 0 Å². The number of benzene rings is 1. The average molecular weight is 361 g/mol. The molecule has 0 radical (unpaired) electrons. The Morgan fingerprint density at radius 1 is 0.963 bits per heavy atom. The summed E-state index contributed by atoms with van der Waals surface area (Å²) in [5, 5.41) is 11.4. The van der Waals surface area contributed by atoms with E-state index in [0.29, 0.717) is 17.8 Å². The molecule has 3 aromatic rings. The Morgan fingerprint density at radius 3 is 2.41 bits per heavy atom. The van der Waals surface area contributed by atoms with Gasteiger partial charge in [-0.1, -0.05) is 24.3 Å². The summed E-state index contributed by atoms with van der Waals surface area (Å²) in [6.07, 6.45) is 12.5. The van der Waals surface area contributed by atoms with Crippen molar-refractivity contribution in [2.45, 2.75) is 63.4 Å². The molecule has 0 amide bonds. The van der Waals surface area contributed by atoms with E-state index in [1.54, 1.807) is 0 Å². The molecule has 27 heavy (non-hydrogen) atoms. The highest BCUT2D eigenvalue weighted by molar-refractivity contribution is 5.59. The second-order valence-electron chi connectivity index (χ2n) is 8.56. The Labute approximate surface area is 161 Å². The third-order valence-electron chi connectivity index (χ3n) is 6.83. The van der Waals surface area contributed by atoms with Gasteiger partial charge in [-0.15, -0.1) is 0 Å². The summed E-state index contributed by atoms with van der Waals surface area (Å²) in [7, 11) is 0. The van der Waals surface area contributed by atoms with Crippen molar-refractivity contribution in [3.05, 3.63) is 71.3 Å². The van der Waals surface area contributed by atoms with Crippen LogP contribution in [0, 0.1) is 12.8 Å². The number of pyridine rings is 1. The van der Waals surface area contributed by atoms with Crippen LogP contribution in [0.5, 0.6) is 0 Å². The fourth-order valence-corrected chi connectivity index (χ4v) is 5.13. The third-order valence-corrected chi connectivity index (χ3v) is 6.83. The van der Waals surface area contributed by atoms with Gasteiger partial charge in [0, 0.05) is 11.8 Å².